The van der Waals surface area contributed by atoms with Crippen molar-refractivity contribution in [3.8, 4) is 28.0 Å². The maximum Gasteiger partial charge on any atom is 0.222 e. The van der Waals surface area contributed by atoms with Crippen molar-refractivity contribution in [3.63, 3.8) is 0 Å². The van der Waals surface area contributed by atoms with Crippen LogP contribution in [-0.2, 0) is 4.79 Å². The van der Waals surface area contributed by atoms with Crippen LogP contribution >= 0.6 is 32.3 Å². The highest BCUT2D eigenvalue weighted by molar-refractivity contribution is 9.10. The molecule has 58 heavy (non-hydrogen) atoms. The number of nitrogen functional groups attached to an aromatic ring is 2. The molecule has 0 aliphatic rings. The monoisotopic (exact) mass is 895 g/mol. The zero-order valence-electron chi connectivity index (χ0n) is 31.0. The number of para-hydroxylation sites is 3. The van der Waals surface area contributed by atoms with Crippen molar-refractivity contribution in [1.82, 2.24) is 19.9 Å². The first-order valence-corrected chi connectivity index (χ1v) is 19.4. The summed E-state index contributed by atoms with van der Waals surface area (Å²) in [5.41, 5.74) is 19.9. The van der Waals surface area contributed by atoms with E-state index in [1.54, 1.807) is 20.0 Å². The van der Waals surface area contributed by atoms with Crippen LogP contribution in [0.3, 0.4) is 0 Å². The van der Waals surface area contributed by atoms with Crippen LogP contribution in [0, 0.1) is 0 Å². The van der Waals surface area contributed by atoms with Gasteiger partial charge in [-0.1, -0.05) is 66.7 Å². The lowest BCUT2D eigenvalue weighted by atomic mass is 9.98. The van der Waals surface area contributed by atoms with Gasteiger partial charge in [-0.2, -0.15) is 9.97 Å². The second-order valence-electron chi connectivity index (χ2n) is 12.6. The smallest absolute Gasteiger partial charge is 0.222 e. The van der Waals surface area contributed by atoms with Crippen molar-refractivity contribution >= 4 is 107 Å². The first-order chi connectivity index (χ1) is 28.3. The highest BCUT2D eigenvalue weighted by Gasteiger charge is 2.18. The Morgan fingerprint density at radius 1 is 0.621 bits per heavy atom. The van der Waals surface area contributed by atoms with E-state index in [4.69, 9.17) is 16.2 Å². The molecule has 0 saturated heterocycles. The lowest BCUT2D eigenvalue weighted by Crippen LogP contribution is -2.07. The largest absolute Gasteiger partial charge is 0.494 e. The SMILES string of the molecule is CCOc1ccc(C=O)c(-c2ccc3nc(N)nc(N(Br)c4ccccc4)c3c2)c1.Nc1nc(N(Br)c2ccccc2)c2cc(-c3ccccc3NC=O)ccc2n1. The molecule has 12 nitrogen and oxygen atoms in total. The van der Waals surface area contributed by atoms with Gasteiger partial charge >= 0.3 is 0 Å². The fourth-order valence-electron chi connectivity index (χ4n) is 6.33. The molecule has 0 atom stereocenters. The summed E-state index contributed by atoms with van der Waals surface area (Å²) < 4.78 is 9.20. The molecule has 0 spiro atoms. The summed E-state index contributed by atoms with van der Waals surface area (Å²) in [6.07, 6.45) is 1.52. The van der Waals surface area contributed by atoms with Crippen molar-refractivity contribution in [2.24, 2.45) is 0 Å². The van der Waals surface area contributed by atoms with Crippen LogP contribution in [0.5, 0.6) is 5.75 Å². The maximum atomic E-state index is 11.6. The van der Waals surface area contributed by atoms with Crippen molar-refractivity contribution in [2.45, 2.75) is 6.92 Å². The molecule has 0 bridgehead atoms. The number of halogens is 2. The predicted octanol–water partition coefficient (Wildman–Crippen LogP) is 10.4. The Kier molecular flexibility index (Phi) is 12.2. The van der Waals surface area contributed by atoms with Gasteiger partial charge in [-0.25, -0.2) is 9.97 Å². The predicted molar refractivity (Wildman–Crippen MR) is 240 cm³/mol. The number of nitrogens with one attached hydrogen (secondary N) is 1. The van der Waals surface area contributed by atoms with E-state index in [-0.39, 0.29) is 11.9 Å². The molecule has 14 heteroatoms. The molecule has 2 heterocycles. The zero-order chi connectivity index (χ0) is 40.6. The first-order valence-electron chi connectivity index (χ1n) is 18.0. The summed E-state index contributed by atoms with van der Waals surface area (Å²) in [6.45, 7) is 2.47. The topological polar surface area (TPSA) is 165 Å². The summed E-state index contributed by atoms with van der Waals surface area (Å²) in [5.74, 6) is 2.32. The number of amides is 1. The third-order valence-electron chi connectivity index (χ3n) is 8.95. The number of nitrogens with zero attached hydrogens (tertiary/aromatic N) is 6. The van der Waals surface area contributed by atoms with Crippen LogP contribution in [-0.4, -0.2) is 39.2 Å². The van der Waals surface area contributed by atoms with Gasteiger partial charge in [-0.05, 0) is 96.4 Å². The van der Waals surface area contributed by atoms with Crippen LogP contribution < -0.4 is 29.4 Å². The van der Waals surface area contributed by atoms with Crippen LogP contribution in [0.25, 0.3) is 44.1 Å². The van der Waals surface area contributed by atoms with E-state index in [0.29, 0.717) is 41.5 Å². The number of hydrogen-bond acceptors (Lipinski definition) is 11. The van der Waals surface area contributed by atoms with Crippen LogP contribution in [0.4, 0.5) is 40.6 Å². The number of anilines is 7. The number of benzene rings is 6. The number of fused-ring (bicyclic) bond motifs is 2. The van der Waals surface area contributed by atoms with E-state index in [1.807, 2.05) is 134 Å². The van der Waals surface area contributed by atoms with Gasteiger partial charge in [0.1, 0.15) is 5.75 Å². The van der Waals surface area contributed by atoms with Crippen LogP contribution in [0.1, 0.15) is 17.3 Å². The Bertz CT molecular complexity index is 2740. The fraction of sp³-hybridized carbons (Fsp3) is 0.0455. The Hall–Kier alpha value is -6.90. The summed E-state index contributed by atoms with van der Waals surface area (Å²) in [7, 11) is 0. The quantitative estimate of drug-likeness (QED) is 0.0836. The number of ether oxygens (including phenoxy) is 1. The molecular weight excluding hydrogens is 862 g/mol. The lowest BCUT2D eigenvalue weighted by molar-refractivity contribution is -0.105. The van der Waals surface area contributed by atoms with E-state index in [0.717, 1.165) is 61.9 Å². The third kappa shape index (κ3) is 8.57. The summed E-state index contributed by atoms with van der Waals surface area (Å²) in [4.78, 5) is 40.2. The summed E-state index contributed by atoms with van der Waals surface area (Å²) in [5, 5.41) is 4.36. The Morgan fingerprint density at radius 3 is 1.66 bits per heavy atom. The van der Waals surface area contributed by atoms with Gasteiger partial charge in [0.25, 0.3) is 0 Å². The Labute approximate surface area is 351 Å². The fourth-order valence-corrected chi connectivity index (χ4v) is 7.34. The van der Waals surface area contributed by atoms with E-state index >= 15 is 0 Å². The number of hydrogen-bond donors (Lipinski definition) is 3. The number of rotatable bonds is 11. The molecule has 1 amide bonds. The minimum Gasteiger partial charge on any atom is -0.494 e. The zero-order valence-corrected chi connectivity index (χ0v) is 34.1. The van der Waals surface area contributed by atoms with E-state index in [1.165, 1.54) is 0 Å². The van der Waals surface area contributed by atoms with E-state index in [2.05, 4.69) is 57.5 Å². The van der Waals surface area contributed by atoms with Crippen molar-refractivity contribution in [1.29, 1.82) is 0 Å². The van der Waals surface area contributed by atoms with Gasteiger partial charge in [0.05, 0.1) is 61.3 Å². The van der Waals surface area contributed by atoms with Crippen molar-refractivity contribution < 1.29 is 14.3 Å². The summed E-state index contributed by atoms with van der Waals surface area (Å²) >= 11 is 7.20. The van der Waals surface area contributed by atoms with Crippen LogP contribution in [0.2, 0.25) is 0 Å². The van der Waals surface area contributed by atoms with Gasteiger partial charge in [0, 0.05) is 27.6 Å². The average Bonchev–Trinajstić information content (AvgIpc) is 3.26. The Balaban J connectivity index is 0.000000177. The molecule has 0 radical (unpaired) electrons. The van der Waals surface area contributed by atoms with Gasteiger partial charge in [0.15, 0.2) is 17.9 Å². The molecule has 5 N–H and O–H groups in total. The second-order valence-corrected chi connectivity index (χ2v) is 14.0. The third-order valence-corrected chi connectivity index (χ3v) is 10.4. The molecular formula is C44H35Br2N9O3. The molecule has 0 aliphatic carbocycles. The molecule has 2 aromatic heterocycles. The van der Waals surface area contributed by atoms with E-state index < -0.39 is 0 Å². The number of nitrogens with two attached hydrogens (primary N) is 2. The minimum atomic E-state index is 0.178. The maximum absolute atomic E-state index is 11.6. The van der Waals surface area contributed by atoms with Gasteiger partial charge < -0.3 is 21.5 Å². The standard InChI is InChI=1S/C23H19BrN4O2.C21H16BrN5O/c1-2-30-18-10-8-16(14-29)19(13-18)15-9-11-21-20(12-15)22(27-23(25)26-21)28(24)17-6-4-3-5-7-17;22-27(15-6-2-1-3-7-15)20-17-12-14(10-11-19(17)25-21(23)26-20)16-8-4-5-9-18(16)24-13-28/h3-14H,2H2,1H3,(H2,25,26,27);1-13H,(H,24,28)(H2,23,25,26). The average molecular weight is 898 g/mol. The molecule has 6 aromatic carbocycles. The molecule has 0 aliphatic heterocycles. The van der Waals surface area contributed by atoms with Crippen molar-refractivity contribution in [2.75, 3.05) is 31.2 Å². The molecule has 288 valence electrons. The normalized spacial score (nSPS) is 10.7. The first kappa shape index (κ1) is 39.3. The number of aldehydes is 1. The second kappa shape index (κ2) is 17.9. The highest BCUT2D eigenvalue weighted by Crippen LogP contribution is 2.38. The number of carbonyl (C=O) groups excluding carboxylic acids is 2. The number of aromatic nitrogens is 4. The number of carbonyl (C=O) groups is 2. The molecule has 0 unspecified atom stereocenters. The molecule has 8 rings (SSSR count). The Morgan fingerprint density at radius 2 is 1.14 bits per heavy atom. The lowest BCUT2D eigenvalue weighted by Gasteiger charge is -2.18. The van der Waals surface area contributed by atoms with Gasteiger partial charge in [-0.3, -0.25) is 17.4 Å². The summed E-state index contributed by atoms with van der Waals surface area (Å²) in [6, 6.07) is 44.1. The van der Waals surface area contributed by atoms with Gasteiger partial charge in [-0.15, -0.1) is 0 Å². The minimum absolute atomic E-state index is 0.178. The van der Waals surface area contributed by atoms with Crippen LogP contribution in [0.15, 0.2) is 140 Å². The van der Waals surface area contributed by atoms with Gasteiger partial charge in [0.2, 0.25) is 18.3 Å². The van der Waals surface area contributed by atoms with E-state index in [9.17, 15) is 9.59 Å². The molecule has 8 aromatic rings. The molecule has 0 fully saturated rings. The molecule has 0 saturated carbocycles. The van der Waals surface area contributed by atoms with Crippen molar-refractivity contribution in [3.05, 3.63) is 145 Å². The highest BCUT2D eigenvalue weighted by atomic mass is 79.9.